The Morgan fingerprint density at radius 3 is 2.25 bits per heavy atom. The molecule has 0 saturated heterocycles. The SMILES string of the molecule is C/C=C/C=C/C=C(O)/C=C(\C)O. The summed E-state index contributed by atoms with van der Waals surface area (Å²) >= 11 is 0. The van der Waals surface area contributed by atoms with Crippen LogP contribution in [-0.2, 0) is 0 Å². The molecule has 12 heavy (non-hydrogen) atoms. The van der Waals surface area contributed by atoms with Crippen LogP contribution in [0.3, 0.4) is 0 Å². The van der Waals surface area contributed by atoms with Gasteiger partial charge in [-0.1, -0.05) is 24.3 Å². The molecule has 0 aliphatic rings. The highest BCUT2D eigenvalue weighted by Crippen LogP contribution is 1.95. The van der Waals surface area contributed by atoms with Crippen molar-refractivity contribution in [2.24, 2.45) is 0 Å². The van der Waals surface area contributed by atoms with Crippen LogP contribution in [0.15, 0.2) is 48.0 Å². The normalized spacial score (nSPS) is 14.8. The molecule has 0 amide bonds. The average molecular weight is 166 g/mol. The van der Waals surface area contributed by atoms with E-state index >= 15 is 0 Å². The lowest BCUT2D eigenvalue weighted by Crippen LogP contribution is -1.76. The van der Waals surface area contributed by atoms with Crippen molar-refractivity contribution in [1.82, 2.24) is 0 Å². The molecule has 2 nitrogen and oxygen atoms in total. The van der Waals surface area contributed by atoms with E-state index in [0.29, 0.717) is 0 Å². The maximum atomic E-state index is 9.07. The fraction of sp³-hybridized carbons (Fsp3) is 0.200. The lowest BCUT2D eigenvalue weighted by Gasteiger charge is -1.88. The molecule has 2 heteroatoms. The molecule has 0 aromatic heterocycles. The Morgan fingerprint density at radius 1 is 1.08 bits per heavy atom. The van der Waals surface area contributed by atoms with Crippen molar-refractivity contribution in [1.29, 1.82) is 0 Å². The molecule has 0 saturated carbocycles. The van der Waals surface area contributed by atoms with Crippen LogP contribution < -0.4 is 0 Å². The summed E-state index contributed by atoms with van der Waals surface area (Å²) in [5, 5.41) is 17.8. The minimum absolute atomic E-state index is 0.0377. The Morgan fingerprint density at radius 2 is 1.75 bits per heavy atom. The van der Waals surface area contributed by atoms with Gasteiger partial charge in [0.2, 0.25) is 0 Å². The second-order valence-corrected chi connectivity index (χ2v) is 2.29. The highest BCUT2D eigenvalue weighted by molar-refractivity contribution is 5.20. The van der Waals surface area contributed by atoms with Gasteiger partial charge in [-0.25, -0.2) is 0 Å². The Hall–Kier alpha value is -1.44. The van der Waals surface area contributed by atoms with Crippen LogP contribution in [0.4, 0.5) is 0 Å². The molecule has 0 fully saturated rings. The molecule has 2 N–H and O–H groups in total. The van der Waals surface area contributed by atoms with E-state index in [1.165, 1.54) is 19.1 Å². The van der Waals surface area contributed by atoms with Crippen molar-refractivity contribution in [2.45, 2.75) is 13.8 Å². The van der Waals surface area contributed by atoms with E-state index < -0.39 is 0 Å². The van der Waals surface area contributed by atoms with Crippen LogP contribution in [0.2, 0.25) is 0 Å². The van der Waals surface area contributed by atoms with Crippen LogP contribution in [0.25, 0.3) is 0 Å². The summed E-state index contributed by atoms with van der Waals surface area (Å²) in [7, 11) is 0. The van der Waals surface area contributed by atoms with Crippen molar-refractivity contribution in [3.05, 3.63) is 48.0 Å². The summed E-state index contributed by atoms with van der Waals surface area (Å²) in [5.41, 5.74) is 0. The zero-order valence-electron chi connectivity index (χ0n) is 7.36. The van der Waals surface area contributed by atoms with Gasteiger partial charge in [0.15, 0.2) is 0 Å². The van der Waals surface area contributed by atoms with Crippen molar-refractivity contribution < 1.29 is 10.2 Å². The highest BCUT2D eigenvalue weighted by atomic mass is 16.3. The van der Waals surface area contributed by atoms with E-state index in [2.05, 4.69) is 0 Å². The quantitative estimate of drug-likeness (QED) is 0.499. The molecule has 0 aromatic rings. The van der Waals surface area contributed by atoms with Gasteiger partial charge in [0.25, 0.3) is 0 Å². The molecule has 0 aliphatic carbocycles. The summed E-state index contributed by atoms with van der Waals surface area (Å²) in [4.78, 5) is 0. The maximum absolute atomic E-state index is 9.07. The van der Waals surface area contributed by atoms with Gasteiger partial charge in [0.05, 0.1) is 5.76 Å². The molecule has 0 radical (unpaired) electrons. The second-order valence-electron chi connectivity index (χ2n) is 2.29. The molecular weight excluding hydrogens is 152 g/mol. The lowest BCUT2D eigenvalue weighted by molar-refractivity contribution is 0.393. The standard InChI is InChI=1S/C10H14O2/c1-3-4-5-6-7-10(12)8-9(2)11/h3-8,11-12H,1-2H3/b4-3+,6-5+,9-8+,10-7-. The molecule has 0 atom stereocenters. The highest BCUT2D eigenvalue weighted by Gasteiger charge is 1.84. The van der Waals surface area contributed by atoms with Gasteiger partial charge in [-0.05, 0) is 19.9 Å². The molecule has 0 bridgehead atoms. The van der Waals surface area contributed by atoms with Gasteiger partial charge < -0.3 is 10.2 Å². The summed E-state index contributed by atoms with van der Waals surface area (Å²) in [6.07, 6.45) is 9.99. The van der Waals surface area contributed by atoms with Crippen LogP contribution in [0.5, 0.6) is 0 Å². The smallest absolute Gasteiger partial charge is 0.118 e. The van der Waals surface area contributed by atoms with Crippen molar-refractivity contribution >= 4 is 0 Å². The van der Waals surface area contributed by atoms with Gasteiger partial charge >= 0.3 is 0 Å². The van der Waals surface area contributed by atoms with Crippen LogP contribution in [-0.4, -0.2) is 10.2 Å². The Balaban J connectivity index is 4.10. The van der Waals surface area contributed by atoms with Gasteiger partial charge in [-0.2, -0.15) is 0 Å². The minimum Gasteiger partial charge on any atom is -0.512 e. The van der Waals surface area contributed by atoms with Crippen LogP contribution in [0.1, 0.15) is 13.8 Å². The van der Waals surface area contributed by atoms with Crippen molar-refractivity contribution in [2.75, 3.05) is 0 Å². The van der Waals surface area contributed by atoms with E-state index in [0.717, 1.165) is 0 Å². The zero-order valence-corrected chi connectivity index (χ0v) is 7.36. The summed E-state index contributed by atoms with van der Waals surface area (Å²) in [5.74, 6) is 0.124. The van der Waals surface area contributed by atoms with Crippen LogP contribution in [0, 0.1) is 0 Å². The van der Waals surface area contributed by atoms with Crippen molar-refractivity contribution in [3.63, 3.8) is 0 Å². The van der Waals surface area contributed by atoms with Gasteiger partial charge in [0.1, 0.15) is 5.76 Å². The number of rotatable bonds is 3. The van der Waals surface area contributed by atoms with E-state index in [4.69, 9.17) is 10.2 Å². The predicted octanol–water partition coefficient (Wildman–Crippen LogP) is 3.02. The number of aliphatic hydroxyl groups excluding tert-OH is 2. The topological polar surface area (TPSA) is 40.5 Å². The Kier molecular flexibility index (Phi) is 5.53. The largest absolute Gasteiger partial charge is 0.512 e. The fourth-order valence-corrected chi connectivity index (χ4v) is 0.592. The molecular formula is C10H14O2. The monoisotopic (exact) mass is 166 g/mol. The summed E-state index contributed by atoms with van der Waals surface area (Å²) < 4.78 is 0. The van der Waals surface area contributed by atoms with E-state index in [1.807, 2.05) is 19.1 Å². The first kappa shape index (κ1) is 10.6. The lowest BCUT2D eigenvalue weighted by atomic mass is 10.3. The molecule has 0 heterocycles. The first-order valence-corrected chi connectivity index (χ1v) is 3.72. The fourth-order valence-electron chi connectivity index (χ4n) is 0.592. The first-order chi connectivity index (χ1) is 5.66. The molecule has 0 aromatic carbocycles. The third-order valence-corrected chi connectivity index (χ3v) is 1.04. The molecule has 0 aliphatic heterocycles. The Labute approximate surface area is 72.9 Å². The zero-order chi connectivity index (χ0) is 9.40. The maximum Gasteiger partial charge on any atom is 0.118 e. The second kappa shape index (κ2) is 6.28. The van der Waals surface area contributed by atoms with E-state index in [9.17, 15) is 0 Å². The molecule has 0 unspecified atom stereocenters. The molecule has 66 valence electrons. The number of hydrogen-bond acceptors (Lipinski definition) is 2. The molecule has 0 rings (SSSR count). The first-order valence-electron chi connectivity index (χ1n) is 3.72. The number of allylic oxidation sites excluding steroid dienone is 7. The third kappa shape index (κ3) is 6.68. The van der Waals surface area contributed by atoms with E-state index in [-0.39, 0.29) is 11.5 Å². The van der Waals surface area contributed by atoms with Gasteiger partial charge in [-0.15, -0.1) is 0 Å². The molecule has 0 spiro atoms. The average Bonchev–Trinajstić information content (AvgIpc) is 1.97. The van der Waals surface area contributed by atoms with E-state index in [1.54, 1.807) is 12.2 Å². The number of hydrogen-bond donors (Lipinski definition) is 2. The third-order valence-electron chi connectivity index (χ3n) is 1.04. The minimum atomic E-state index is 0.0377. The van der Waals surface area contributed by atoms with Gasteiger partial charge in [0, 0.05) is 6.08 Å². The van der Waals surface area contributed by atoms with Gasteiger partial charge in [-0.3, -0.25) is 0 Å². The summed E-state index contributed by atoms with van der Waals surface area (Å²) in [6, 6.07) is 0. The summed E-state index contributed by atoms with van der Waals surface area (Å²) in [6.45, 7) is 3.41. The Bertz CT molecular complexity index is 228. The predicted molar refractivity (Wildman–Crippen MR) is 51.1 cm³/mol. The number of aliphatic hydroxyl groups is 2. The van der Waals surface area contributed by atoms with Crippen LogP contribution >= 0.6 is 0 Å². The van der Waals surface area contributed by atoms with Crippen molar-refractivity contribution in [3.8, 4) is 0 Å².